The van der Waals surface area contributed by atoms with Crippen LogP contribution in [0.3, 0.4) is 0 Å². The summed E-state index contributed by atoms with van der Waals surface area (Å²) < 4.78 is 28.7. The molecule has 8 heteroatoms. The highest BCUT2D eigenvalue weighted by Gasteiger charge is 2.32. The first-order valence-corrected chi connectivity index (χ1v) is 9.32. The Kier molecular flexibility index (Phi) is 8.24. The van der Waals surface area contributed by atoms with Crippen LogP contribution in [0.4, 0.5) is 8.78 Å². The van der Waals surface area contributed by atoms with Gasteiger partial charge in [0.1, 0.15) is 5.75 Å². The molecule has 0 aliphatic heterocycles. The minimum absolute atomic E-state index is 0.0682. The lowest BCUT2D eigenvalue weighted by Gasteiger charge is -2.23. The van der Waals surface area contributed by atoms with Crippen LogP contribution in [-0.2, 0) is 0 Å². The molecule has 0 radical (unpaired) electrons. The lowest BCUT2D eigenvalue weighted by atomic mass is 10.1. The molecule has 27 heavy (non-hydrogen) atoms. The van der Waals surface area contributed by atoms with Crippen LogP contribution in [0.1, 0.15) is 31.4 Å². The molecule has 2 unspecified atom stereocenters. The fourth-order valence-corrected chi connectivity index (χ4v) is 2.92. The van der Waals surface area contributed by atoms with E-state index in [1.165, 1.54) is 25.0 Å². The highest BCUT2D eigenvalue weighted by molar-refractivity contribution is 5.79. The number of aliphatic hydroxyl groups is 1. The number of hydrogen-bond donors (Lipinski definition) is 3. The second kappa shape index (κ2) is 10.4. The van der Waals surface area contributed by atoms with E-state index >= 15 is 0 Å². The number of aliphatic hydroxyl groups excluding tert-OH is 1. The number of alkyl halides is 2. The number of guanidine groups is 1. The molecule has 0 bridgehead atoms. The van der Waals surface area contributed by atoms with Gasteiger partial charge in [0.05, 0.1) is 12.6 Å². The summed E-state index contributed by atoms with van der Waals surface area (Å²) in [7, 11) is 4.15. The maximum atomic E-state index is 12.2. The number of hydrogen-bond acceptors (Lipinski definition) is 4. The average molecular weight is 384 g/mol. The number of nitrogens with one attached hydrogen (secondary N) is 2. The van der Waals surface area contributed by atoms with Gasteiger partial charge >= 0.3 is 6.61 Å². The van der Waals surface area contributed by atoms with Crippen molar-refractivity contribution in [2.75, 3.05) is 33.7 Å². The van der Waals surface area contributed by atoms with Crippen molar-refractivity contribution < 1.29 is 18.6 Å². The smallest absolute Gasteiger partial charge is 0.387 e. The first kappa shape index (κ1) is 21.4. The van der Waals surface area contributed by atoms with Crippen molar-refractivity contribution in [3.05, 3.63) is 29.8 Å². The number of rotatable bonds is 10. The van der Waals surface area contributed by atoms with Crippen LogP contribution in [0.15, 0.2) is 29.3 Å². The van der Waals surface area contributed by atoms with Crippen LogP contribution in [0, 0.1) is 5.92 Å². The lowest BCUT2D eigenvalue weighted by molar-refractivity contribution is -0.0498. The molecular weight excluding hydrogens is 354 g/mol. The molecule has 3 N–H and O–H groups in total. The average Bonchev–Trinajstić information content (AvgIpc) is 3.44. The Balaban J connectivity index is 1.89. The van der Waals surface area contributed by atoms with Gasteiger partial charge in [-0.25, -0.2) is 0 Å². The Bertz CT molecular complexity index is 590. The van der Waals surface area contributed by atoms with Crippen LogP contribution >= 0.6 is 0 Å². The number of nitrogens with zero attached hydrogens (tertiary/aromatic N) is 2. The molecule has 0 saturated heterocycles. The van der Waals surface area contributed by atoms with Crippen LogP contribution in [0.2, 0.25) is 0 Å². The molecule has 0 spiro atoms. The van der Waals surface area contributed by atoms with E-state index in [9.17, 15) is 13.9 Å². The van der Waals surface area contributed by atoms with E-state index in [1.54, 1.807) is 12.1 Å². The molecule has 6 nitrogen and oxygen atoms in total. The van der Waals surface area contributed by atoms with Crippen LogP contribution in [-0.4, -0.2) is 62.3 Å². The molecule has 1 aromatic rings. The third kappa shape index (κ3) is 7.30. The van der Waals surface area contributed by atoms with Crippen molar-refractivity contribution in [2.24, 2.45) is 10.9 Å². The topological polar surface area (TPSA) is 69.1 Å². The van der Waals surface area contributed by atoms with E-state index in [0.29, 0.717) is 30.0 Å². The summed E-state index contributed by atoms with van der Waals surface area (Å²) in [5.41, 5.74) is 0.615. The quantitative estimate of drug-likeness (QED) is 0.426. The number of halogens is 2. The Morgan fingerprint density at radius 2 is 1.93 bits per heavy atom. The van der Waals surface area contributed by atoms with Gasteiger partial charge in [0, 0.05) is 19.1 Å². The molecule has 1 aromatic carbocycles. The summed E-state index contributed by atoms with van der Waals surface area (Å²) >= 11 is 0. The largest absolute Gasteiger partial charge is 0.435 e. The maximum absolute atomic E-state index is 12.2. The summed E-state index contributed by atoms with van der Waals surface area (Å²) in [6.07, 6.45) is 1.72. The normalized spacial score (nSPS) is 17.1. The molecule has 152 valence electrons. The van der Waals surface area contributed by atoms with E-state index in [1.807, 2.05) is 6.92 Å². The molecule has 0 heterocycles. The molecule has 2 atom stereocenters. The number of aliphatic imine (C=N–C) groups is 1. The van der Waals surface area contributed by atoms with Crippen LogP contribution in [0.5, 0.6) is 5.75 Å². The zero-order chi connectivity index (χ0) is 19.8. The van der Waals surface area contributed by atoms with Gasteiger partial charge in [-0.05, 0) is 57.5 Å². The minimum atomic E-state index is -2.86. The first-order chi connectivity index (χ1) is 12.9. The fourth-order valence-electron chi connectivity index (χ4n) is 2.92. The SMILES string of the molecule is CCNC(=NCC(C1CC1)N(C)C)NCC(O)c1ccc(OC(F)F)cc1. The molecular formula is C19H30F2N4O2. The van der Waals surface area contributed by atoms with Crippen LogP contribution in [0.25, 0.3) is 0 Å². The van der Waals surface area contributed by atoms with E-state index in [4.69, 9.17) is 0 Å². The molecule has 0 amide bonds. The van der Waals surface area contributed by atoms with Gasteiger partial charge in [0.2, 0.25) is 0 Å². The summed E-state index contributed by atoms with van der Waals surface area (Å²) in [4.78, 5) is 6.86. The predicted octanol–water partition coefficient (Wildman–Crippen LogP) is 2.22. The summed E-state index contributed by atoms with van der Waals surface area (Å²) in [6.45, 7) is 0.805. The molecule has 1 aliphatic carbocycles. The molecule has 1 saturated carbocycles. The van der Waals surface area contributed by atoms with Gasteiger partial charge in [0.25, 0.3) is 0 Å². The van der Waals surface area contributed by atoms with Gasteiger partial charge in [-0.3, -0.25) is 4.99 Å². The summed E-state index contributed by atoms with van der Waals surface area (Å²) in [6, 6.07) is 6.41. The van der Waals surface area contributed by atoms with Crippen molar-refractivity contribution in [1.29, 1.82) is 0 Å². The van der Waals surface area contributed by atoms with Gasteiger partial charge in [-0.15, -0.1) is 0 Å². The second-order valence-electron chi connectivity index (χ2n) is 6.93. The third-order valence-corrected chi connectivity index (χ3v) is 4.56. The van der Waals surface area contributed by atoms with E-state index < -0.39 is 12.7 Å². The van der Waals surface area contributed by atoms with Crippen molar-refractivity contribution in [1.82, 2.24) is 15.5 Å². The lowest BCUT2D eigenvalue weighted by Crippen LogP contribution is -2.41. The van der Waals surface area contributed by atoms with E-state index in [-0.39, 0.29) is 12.3 Å². The van der Waals surface area contributed by atoms with Gasteiger partial charge in [-0.2, -0.15) is 8.78 Å². The standard InChI is InChI=1S/C19H30F2N4O2/c1-4-22-19(23-11-16(25(2)3)13-5-6-13)24-12-17(26)14-7-9-15(10-8-14)27-18(20)21/h7-10,13,16-18,26H,4-6,11-12H2,1-3H3,(H2,22,23,24). The molecule has 1 aliphatic rings. The van der Waals surface area contributed by atoms with Crippen molar-refractivity contribution in [3.8, 4) is 5.75 Å². The van der Waals surface area contributed by atoms with Gasteiger partial charge in [-0.1, -0.05) is 12.1 Å². The predicted molar refractivity (Wildman–Crippen MR) is 102 cm³/mol. The Morgan fingerprint density at radius 3 is 2.44 bits per heavy atom. The summed E-state index contributed by atoms with van der Waals surface area (Å²) in [5, 5.41) is 16.6. The Labute approximate surface area is 159 Å². The number of ether oxygens (including phenoxy) is 1. The number of likely N-dealkylation sites (N-methyl/N-ethyl adjacent to an activating group) is 1. The number of benzene rings is 1. The van der Waals surface area contributed by atoms with Gasteiger partial charge < -0.3 is 25.4 Å². The molecule has 1 fully saturated rings. The minimum Gasteiger partial charge on any atom is -0.435 e. The highest BCUT2D eigenvalue weighted by atomic mass is 19.3. The summed E-state index contributed by atoms with van der Waals surface area (Å²) in [5.74, 6) is 1.44. The molecule has 0 aromatic heterocycles. The zero-order valence-corrected chi connectivity index (χ0v) is 16.2. The van der Waals surface area contributed by atoms with Crippen molar-refractivity contribution >= 4 is 5.96 Å². The third-order valence-electron chi connectivity index (χ3n) is 4.56. The van der Waals surface area contributed by atoms with Crippen molar-refractivity contribution in [3.63, 3.8) is 0 Å². The van der Waals surface area contributed by atoms with E-state index in [0.717, 1.165) is 6.54 Å². The molecule has 2 rings (SSSR count). The second-order valence-corrected chi connectivity index (χ2v) is 6.93. The van der Waals surface area contributed by atoms with E-state index in [2.05, 4.69) is 39.4 Å². The fraction of sp³-hybridized carbons (Fsp3) is 0.632. The zero-order valence-electron chi connectivity index (χ0n) is 16.2. The highest BCUT2D eigenvalue weighted by Crippen LogP contribution is 2.34. The Morgan fingerprint density at radius 1 is 1.26 bits per heavy atom. The first-order valence-electron chi connectivity index (χ1n) is 9.32. The van der Waals surface area contributed by atoms with Crippen LogP contribution < -0.4 is 15.4 Å². The maximum Gasteiger partial charge on any atom is 0.387 e. The Hall–Kier alpha value is -1.93. The monoisotopic (exact) mass is 384 g/mol. The van der Waals surface area contributed by atoms with Gasteiger partial charge in [0.15, 0.2) is 5.96 Å². The van der Waals surface area contributed by atoms with Crippen molar-refractivity contribution in [2.45, 2.75) is 38.5 Å².